The molecular weight excluding hydrogens is 288 g/mol. The van der Waals surface area contributed by atoms with Gasteiger partial charge in [-0.2, -0.15) is 0 Å². The van der Waals surface area contributed by atoms with Crippen LogP contribution in [-0.2, 0) is 28.5 Å². The van der Waals surface area contributed by atoms with Gasteiger partial charge in [-0.05, 0) is 13.3 Å². The molecule has 0 N–H and O–H groups in total. The Balaban J connectivity index is 3.06. The maximum absolute atomic E-state index is 11.3. The number of hydrogen-bond donors (Lipinski definition) is 0. The fraction of sp³-hybridized carbons (Fsp3) is 0.938. The van der Waals surface area contributed by atoms with E-state index in [0.717, 1.165) is 19.3 Å². The van der Waals surface area contributed by atoms with Crippen LogP contribution >= 0.6 is 0 Å². The normalized spacial score (nSPS) is 10.8. The summed E-state index contributed by atoms with van der Waals surface area (Å²) >= 11 is 0. The monoisotopic (exact) mass is 320 g/mol. The van der Waals surface area contributed by atoms with Crippen molar-refractivity contribution in [3.63, 3.8) is 0 Å². The number of carbonyl (C=O) groups is 1. The van der Waals surface area contributed by atoms with Gasteiger partial charge in [0.1, 0.15) is 6.61 Å². The van der Waals surface area contributed by atoms with Crippen LogP contribution in [0.4, 0.5) is 0 Å². The lowest BCUT2D eigenvalue weighted by molar-refractivity contribution is -0.145. The van der Waals surface area contributed by atoms with Crippen molar-refractivity contribution in [3.05, 3.63) is 0 Å². The van der Waals surface area contributed by atoms with Crippen LogP contribution in [0.3, 0.4) is 0 Å². The first-order valence-electron chi connectivity index (χ1n) is 8.27. The topological polar surface area (TPSA) is 63.2 Å². The van der Waals surface area contributed by atoms with E-state index in [1.807, 2.05) is 6.92 Å². The van der Waals surface area contributed by atoms with E-state index >= 15 is 0 Å². The van der Waals surface area contributed by atoms with E-state index in [9.17, 15) is 4.79 Å². The summed E-state index contributed by atoms with van der Waals surface area (Å²) in [5, 5.41) is 0. The molecule has 0 bridgehead atoms. The quantitative estimate of drug-likeness (QED) is 0.302. The van der Waals surface area contributed by atoms with Gasteiger partial charge in [-0.3, -0.25) is 4.79 Å². The molecule has 0 spiro atoms. The molecule has 0 fully saturated rings. The first kappa shape index (κ1) is 21.3. The van der Waals surface area contributed by atoms with Gasteiger partial charge in [0.25, 0.3) is 0 Å². The Hall–Kier alpha value is -0.690. The van der Waals surface area contributed by atoms with E-state index in [4.69, 9.17) is 23.7 Å². The van der Waals surface area contributed by atoms with Crippen LogP contribution in [0.25, 0.3) is 0 Å². The van der Waals surface area contributed by atoms with Crippen LogP contribution in [0.1, 0.15) is 39.5 Å². The van der Waals surface area contributed by atoms with Crippen molar-refractivity contribution in [3.8, 4) is 0 Å². The van der Waals surface area contributed by atoms with Gasteiger partial charge in [0.15, 0.2) is 0 Å². The molecule has 0 atom stereocenters. The van der Waals surface area contributed by atoms with Crippen molar-refractivity contribution in [1.29, 1.82) is 0 Å². The van der Waals surface area contributed by atoms with Crippen LogP contribution in [0.5, 0.6) is 0 Å². The molecule has 0 amide bonds. The van der Waals surface area contributed by atoms with Crippen molar-refractivity contribution in [2.45, 2.75) is 39.5 Å². The molecule has 6 nitrogen and oxygen atoms in total. The second kappa shape index (κ2) is 18.4. The van der Waals surface area contributed by atoms with Gasteiger partial charge < -0.3 is 23.7 Å². The van der Waals surface area contributed by atoms with E-state index in [2.05, 4.69) is 6.92 Å². The smallest absolute Gasteiger partial charge is 0.305 e. The number of rotatable bonds is 17. The zero-order valence-corrected chi connectivity index (χ0v) is 14.1. The molecule has 0 heterocycles. The third kappa shape index (κ3) is 17.4. The highest BCUT2D eigenvalue weighted by Crippen LogP contribution is 2.00. The third-order valence-corrected chi connectivity index (χ3v) is 2.80. The summed E-state index contributed by atoms with van der Waals surface area (Å²) in [5.41, 5.74) is 0. The van der Waals surface area contributed by atoms with Crippen LogP contribution < -0.4 is 0 Å². The standard InChI is InChI=1S/C16H32O6/c1-3-5-6-7-16(17)22-15-14-21-13-12-20-11-10-19-9-8-18-4-2/h3-15H2,1-2H3. The van der Waals surface area contributed by atoms with Gasteiger partial charge in [-0.25, -0.2) is 0 Å². The Kier molecular flexibility index (Phi) is 17.8. The zero-order valence-electron chi connectivity index (χ0n) is 14.1. The molecule has 22 heavy (non-hydrogen) atoms. The minimum atomic E-state index is -0.141. The van der Waals surface area contributed by atoms with Gasteiger partial charge in [0, 0.05) is 13.0 Å². The fourth-order valence-electron chi connectivity index (χ4n) is 1.61. The van der Waals surface area contributed by atoms with Crippen LogP contribution in [0.2, 0.25) is 0 Å². The molecule has 0 aliphatic carbocycles. The number of ether oxygens (including phenoxy) is 5. The summed E-state index contributed by atoms with van der Waals surface area (Å²) in [6, 6.07) is 0. The summed E-state index contributed by atoms with van der Waals surface area (Å²) in [5.74, 6) is -0.141. The van der Waals surface area contributed by atoms with Crippen molar-refractivity contribution >= 4 is 5.97 Å². The Labute approximate surface area is 134 Å². The highest BCUT2D eigenvalue weighted by molar-refractivity contribution is 5.69. The molecule has 0 radical (unpaired) electrons. The number of hydrogen-bond acceptors (Lipinski definition) is 6. The van der Waals surface area contributed by atoms with Gasteiger partial charge in [-0.15, -0.1) is 0 Å². The van der Waals surface area contributed by atoms with Crippen LogP contribution in [-0.4, -0.2) is 65.4 Å². The highest BCUT2D eigenvalue weighted by atomic mass is 16.6. The summed E-state index contributed by atoms with van der Waals surface area (Å²) in [7, 11) is 0. The van der Waals surface area contributed by atoms with E-state index in [0.29, 0.717) is 65.9 Å². The van der Waals surface area contributed by atoms with E-state index in [1.165, 1.54) is 0 Å². The Morgan fingerprint density at radius 1 is 0.682 bits per heavy atom. The van der Waals surface area contributed by atoms with Crippen molar-refractivity contribution in [1.82, 2.24) is 0 Å². The van der Waals surface area contributed by atoms with Crippen molar-refractivity contribution in [2.75, 3.05) is 59.5 Å². The first-order chi connectivity index (χ1) is 10.8. The average Bonchev–Trinajstić information content (AvgIpc) is 2.52. The first-order valence-corrected chi connectivity index (χ1v) is 8.27. The van der Waals surface area contributed by atoms with Gasteiger partial charge >= 0.3 is 5.97 Å². The van der Waals surface area contributed by atoms with E-state index < -0.39 is 0 Å². The van der Waals surface area contributed by atoms with Gasteiger partial charge in [-0.1, -0.05) is 19.8 Å². The maximum atomic E-state index is 11.3. The Morgan fingerprint density at radius 3 is 1.68 bits per heavy atom. The summed E-state index contributed by atoms with van der Waals surface area (Å²) in [6.45, 7) is 8.82. The minimum absolute atomic E-state index is 0.141. The molecule has 0 saturated carbocycles. The fourth-order valence-corrected chi connectivity index (χ4v) is 1.61. The lowest BCUT2D eigenvalue weighted by Crippen LogP contribution is -2.14. The lowest BCUT2D eigenvalue weighted by Gasteiger charge is -2.07. The minimum Gasteiger partial charge on any atom is -0.463 e. The molecule has 0 aromatic rings. The molecule has 6 heteroatoms. The third-order valence-electron chi connectivity index (χ3n) is 2.80. The lowest BCUT2D eigenvalue weighted by atomic mass is 10.2. The second-order valence-corrected chi connectivity index (χ2v) is 4.71. The summed E-state index contributed by atoms with van der Waals surface area (Å²) < 4.78 is 26.1. The summed E-state index contributed by atoms with van der Waals surface area (Å²) in [4.78, 5) is 11.3. The Bertz CT molecular complexity index is 235. The average molecular weight is 320 g/mol. The van der Waals surface area contributed by atoms with E-state index in [-0.39, 0.29) is 5.97 Å². The van der Waals surface area contributed by atoms with Gasteiger partial charge in [0.2, 0.25) is 0 Å². The Morgan fingerprint density at radius 2 is 1.18 bits per heavy atom. The highest BCUT2D eigenvalue weighted by Gasteiger charge is 2.01. The maximum Gasteiger partial charge on any atom is 0.305 e. The SMILES string of the molecule is CCCCCC(=O)OCCOCCOCCOCCOCC. The van der Waals surface area contributed by atoms with Crippen LogP contribution in [0, 0.1) is 0 Å². The van der Waals surface area contributed by atoms with Crippen molar-refractivity contribution < 1.29 is 28.5 Å². The molecule has 0 rings (SSSR count). The predicted molar refractivity (Wildman–Crippen MR) is 84.1 cm³/mol. The van der Waals surface area contributed by atoms with Crippen LogP contribution in [0.15, 0.2) is 0 Å². The predicted octanol–water partition coefficient (Wildman–Crippen LogP) is 2.20. The number of esters is 1. The molecule has 0 aromatic heterocycles. The molecule has 0 aromatic carbocycles. The number of carbonyl (C=O) groups excluding carboxylic acids is 1. The second-order valence-electron chi connectivity index (χ2n) is 4.71. The molecule has 0 aliphatic heterocycles. The molecule has 132 valence electrons. The molecule has 0 saturated heterocycles. The molecule has 0 unspecified atom stereocenters. The van der Waals surface area contributed by atoms with Gasteiger partial charge in [0.05, 0.1) is 46.2 Å². The molecular formula is C16H32O6. The zero-order chi connectivity index (χ0) is 16.3. The largest absolute Gasteiger partial charge is 0.463 e. The van der Waals surface area contributed by atoms with E-state index in [1.54, 1.807) is 0 Å². The summed E-state index contributed by atoms with van der Waals surface area (Å²) in [6.07, 6.45) is 3.57. The molecule has 0 aliphatic rings. The van der Waals surface area contributed by atoms with Crippen molar-refractivity contribution in [2.24, 2.45) is 0 Å². The number of unbranched alkanes of at least 4 members (excludes halogenated alkanes) is 2.